The Morgan fingerprint density at radius 3 is 2.41 bits per heavy atom. The molecule has 0 bridgehead atoms. The number of nitrogens with zero attached hydrogens (tertiary/aromatic N) is 7. The zero-order chi connectivity index (χ0) is 18.6. The molecule has 1 aliphatic rings. The average molecular weight is 365 g/mol. The smallest absolute Gasteiger partial charge is 0.257 e. The van der Waals surface area contributed by atoms with Crippen molar-refractivity contribution < 1.29 is 9.53 Å². The summed E-state index contributed by atoms with van der Waals surface area (Å²) in [6.45, 7) is 2.61. The van der Waals surface area contributed by atoms with Crippen LogP contribution in [0, 0.1) is 0 Å². The maximum Gasteiger partial charge on any atom is 0.257 e. The van der Waals surface area contributed by atoms with Crippen LogP contribution < -0.4 is 9.64 Å². The summed E-state index contributed by atoms with van der Waals surface area (Å²) >= 11 is 0. The van der Waals surface area contributed by atoms with Gasteiger partial charge in [-0.1, -0.05) is 12.1 Å². The standard InChI is InChI=1S/C18H19N7O2/c1-27-15-5-3-2-4-14(15)18(26)24-10-8-23(9-11-24)16-6-7-17(22-21-16)25-13-19-12-20-25/h2-7,12-13H,8-11H2,1H3. The number of aromatic nitrogens is 5. The fraction of sp³-hybridized carbons (Fsp3) is 0.278. The molecule has 0 aliphatic carbocycles. The van der Waals surface area contributed by atoms with Crippen LogP contribution in [0.1, 0.15) is 10.4 Å². The Bertz CT molecular complexity index is 904. The van der Waals surface area contributed by atoms with Gasteiger partial charge in [0.15, 0.2) is 11.6 Å². The molecule has 0 N–H and O–H groups in total. The minimum Gasteiger partial charge on any atom is -0.496 e. The van der Waals surface area contributed by atoms with Crippen LogP contribution in [-0.4, -0.2) is 69.1 Å². The lowest BCUT2D eigenvalue weighted by Gasteiger charge is -2.35. The van der Waals surface area contributed by atoms with Gasteiger partial charge in [0.1, 0.15) is 18.4 Å². The van der Waals surface area contributed by atoms with Crippen molar-refractivity contribution in [2.45, 2.75) is 0 Å². The van der Waals surface area contributed by atoms with E-state index in [4.69, 9.17) is 4.74 Å². The monoisotopic (exact) mass is 365 g/mol. The van der Waals surface area contributed by atoms with E-state index in [-0.39, 0.29) is 5.91 Å². The van der Waals surface area contributed by atoms with E-state index in [1.807, 2.05) is 29.2 Å². The lowest BCUT2D eigenvalue weighted by atomic mass is 10.1. The molecule has 3 heterocycles. The van der Waals surface area contributed by atoms with Crippen molar-refractivity contribution in [3.05, 3.63) is 54.6 Å². The minimum atomic E-state index is -0.0142. The average Bonchev–Trinajstić information content (AvgIpc) is 3.28. The molecule has 27 heavy (non-hydrogen) atoms. The Morgan fingerprint density at radius 1 is 1.00 bits per heavy atom. The summed E-state index contributed by atoms with van der Waals surface area (Å²) in [6.07, 6.45) is 3.03. The first kappa shape index (κ1) is 17.0. The van der Waals surface area contributed by atoms with Crippen molar-refractivity contribution in [1.29, 1.82) is 0 Å². The van der Waals surface area contributed by atoms with Crippen LogP contribution in [-0.2, 0) is 0 Å². The van der Waals surface area contributed by atoms with Gasteiger partial charge in [0.25, 0.3) is 5.91 Å². The molecule has 0 spiro atoms. The highest BCUT2D eigenvalue weighted by molar-refractivity contribution is 5.97. The van der Waals surface area contributed by atoms with Gasteiger partial charge in [0, 0.05) is 26.2 Å². The number of para-hydroxylation sites is 1. The van der Waals surface area contributed by atoms with Crippen LogP contribution in [0.4, 0.5) is 5.82 Å². The number of carbonyl (C=O) groups excluding carboxylic acids is 1. The number of methoxy groups -OCH3 is 1. The third-order valence-corrected chi connectivity index (χ3v) is 4.52. The largest absolute Gasteiger partial charge is 0.496 e. The Morgan fingerprint density at radius 2 is 1.74 bits per heavy atom. The van der Waals surface area contributed by atoms with E-state index in [2.05, 4.69) is 25.2 Å². The lowest BCUT2D eigenvalue weighted by molar-refractivity contribution is 0.0743. The van der Waals surface area contributed by atoms with Crippen molar-refractivity contribution in [2.75, 3.05) is 38.2 Å². The fourth-order valence-electron chi connectivity index (χ4n) is 3.07. The molecule has 3 aromatic rings. The normalized spacial score (nSPS) is 14.3. The van der Waals surface area contributed by atoms with E-state index in [0.717, 1.165) is 5.82 Å². The minimum absolute atomic E-state index is 0.0142. The molecule has 9 nitrogen and oxygen atoms in total. The number of carbonyl (C=O) groups is 1. The molecule has 4 rings (SSSR count). The summed E-state index contributed by atoms with van der Waals surface area (Å²) in [4.78, 5) is 20.6. The maximum absolute atomic E-state index is 12.8. The number of rotatable bonds is 4. The van der Waals surface area contributed by atoms with Gasteiger partial charge in [0.2, 0.25) is 0 Å². The Balaban J connectivity index is 1.41. The zero-order valence-electron chi connectivity index (χ0n) is 14.9. The Kier molecular flexibility index (Phi) is 4.65. The van der Waals surface area contributed by atoms with Gasteiger partial charge in [0.05, 0.1) is 12.7 Å². The second-order valence-electron chi connectivity index (χ2n) is 6.07. The SMILES string of the molecule is COc1ccccc1C(=O)N1CCN(c2ccc(-n3cncn3)nn2)CC1. The van der Waals surface area contributed by atoms with Crippen molar-refractivity contribution in [3.63, 3.8) is 0 Å². The lowest BCUT2D eigenvalue weighted by Crippen LogP contribution is -2.49. The van der Waals surface area contributed by atoms with Gasteiger partial charge in [-0.3, -0.25) is 4.79 Å². The quantitative estimate of drug-likeness (QED) is 0.682. The molecular formula is C18H19N7O2. The molecule has 1 saturated heterocycles. The second kappa shape index (κ2) is 7.40. The summed E-state index contributed by atoms with van der Waals surface area (Å²) in [5, 5.41) is 12.5. The Labute approximate surface area is 156 Å². The number of amides is 1. The number of benzene rings is 1. The van der Waals surface area contributed by atoms with Crippen LogP contribution in [0.15, 0.2) is 49.1 Å². The summed E-state index contributed by atoms with van der Waals surface area (Å²) in [5.74, 6) is 1.98. The second-order valence-corrected chi connectivity index (χ2v) is 6.07. The van der Waals surface area contributed by atoms with Gasteiger partial charge < -0.3 is 14.5 Å². The molecule has 0 saturated carbocycles. The summed E-state index contributed by atoms with van der Waals surface area (Å²) in [6, 6.07) is 11.1. The highest BCUT2D eigenvalue weighted by atomic mass is 16.5. The van der Waals surface area contributed by atoms with Gasteiger partial charge in [-0.15, -0.1) is 10.2 Å². The van der Waals surface area contributed by atoms with Gasteiger partial charge in [-0.2, -0.15) is 5.10 Å². The Hall–Kier alpha value is -3.49. The molecule has 0 atom stereocenters. The van der Waals surface area contributed by atoms with Crippen molar-refractivity contribution in [1.82, 2.24) is 29.9 Å². The summed E-state index contributed by atoms with van der Waals surface area (Å²) < 4.78 is 6.86. The third kappa shape index (κ3) is 3.43. The highest BCUT2D eigenvalue weighted by Crippen LogP contribution is 2.21. The molecule has 1 aliphatic heterocycles. The van der Waals surface area contributed by atoms with E-state index in [9.17, 15) is 4.79 Å². The van der Waals surface area contributed by atoms with Gasteiger partial charge in [-0.25, -0.2) is 9.67 Å². The van der Waals surface area contributed by atoms with E-state index >= 15 is 0 Å². The molecule has 9 heteroatoms. The van der Waals surface area contributed by atoms with Gasteiger partial charge >= 0.3 is 0 Å². The van der Waals surface area contributed by atoms with Crippen molar-refractivity contribution in [3.8, 4) is 11.6 Å². The van der Waals surface area contributed by atoms with Crippen LogP contribution in [0.25, 0.3) is 5.82 Å². The first-order valence-corrected chi connectivity index (χ1v) is 8.62. The zero-order valence-corrected chi connectivity index (χ0v) is 14.9. The third-order valence-electron chi connectivity index (χ3n) is 4.52. The van der Waals surface area contributed by atoms with Crippen LogP contribution >= 0.6 is 0 Å². The first-order chi connectivity index (χ1) is 13.3. The molecular weight excluding hydrogens is 346 g/mol. The fourth-order valence-corrected chi connectivity index (χ4v) is 3.07. The number of ether oxygens (including phenoxy) is 1. The topological polar surface area (TPSA) is 89.3 Å². The number of anilines is 1. The molecule has 138 valence electrons. The molecule has 1 aromatic carbocycles. The predicted octanol–water partition coefficient (Wildman–Crippen LogP) is 1.03. The molecule has 1 amide bonds. The summed E-state index contributed by atoms with van der Waals surface area (Å²) in [5.41, 5.74) is 0.588. The number of piperazine rings is 1. The highest BCUT2D eigenvalue weighted by Gasteiger charge is 2.24. The van der Waals surface area contributed by atoms with E-state index in [0.29, 0.717) is 43.3 Å². The van der Waals surface area contributed by atoms with Crippen LogP contribution in [0.3, 0.4) is 0 Å². The molecule has 0 unspecified atom stereocenters. The van der Waals surface area contributed by atoms with E-state index < -0.39 is 0 Å². The molecule has 0 radical (unpaired) electrons. The van der Waals surface area contributed by atoms with Gasteiger partial charge in [-0.05, 0) is 24.3 Å². The van der Waals surface area contributed by atoms with Crippen molar-refractivity contribution >= 4 is 11.7 Å². The maximum atomic E-state index is 12.8. The number of hydrogen-bond donors (Lipinski definition) is 0. The van der Waals surface area contributed by atoms with Crippen LogP contribution in [0.2, 0.25) is 0 Å². The van der Waals surface area contributed by atoms with E-state index in [1.54, 1.807) is 30.3 Å². The first-order valence-electron chi connectivity index (χ1n) is 8.62. The molecule has 2 aromatic heterocycles. The summed E-state index contributed by atoms with van der Waals surface area (Å²) in [7, 11) is 1.58. The van der Waals surface area contributed by atoms with Crippen LogP contribution in [0.5, 0.6) is 5.75 Å². The van der Waals surface area contributed by atoms with Crippen molar-refractivity contribution in [2.24, 2.45) is 0 Å². The molecule has 1 fully saturated rings. The predicted molar refractivity (Wildman–Crippen MR) is 98.1 cm³/mol. The van der Waals surface area contributed by atoms with E-state index in [1.165, 1.54) is 6.33 Å². The number of hydrogen-bond acceptors (Lipinski definition) is 7.